The van der Waals surface area contributed by atoms with E-state index in [1.54, 1.807) is 0 Å². The maximum Gasteiger partial charge on any atom is 0.309 e. The summed E-state index contributed by atoms with van der Waals surface area (Å²) in [6, 6.07) is 0. The fourth-order valence-electron chi connectivity index (χ4n) is 5.86. The maximum atomic E-state index is 12.7. The summed E-state index contributed by atoms with van der Waals surface area (Å²) < 4.78 is 36.3. The molecule has 0 unspecified atom stereocenters. The van der Waals surface area contributed by atoms with Crippen LogP contribution in [0.15, 0.2) is 12.2 Å². The molecule has 7 nitrogen and oxygen atoms in total. The molecule has 0 aromatic rings. The summed E-state index contributed by atoms with van der Waals surface area (Å²) in [7, 11) is 0. The number of hydrogen-bond donors (Lipinski definition) is 0. The Labute approximate surface area is 173 Å². The maximum absolute atomic E-state index is 12.7. The fraction of sp³-hybridized carbons (Fsp3) is 0.864. The molecule has 1 saturated carbocycles. The normalized spacial score (nSPS) is 43.7. The molecule has 1 aliphatic carbocycles. The van der Waals surface area contributed by atoms with E-state index in [4.69, 9.17) is 28.4 Å². The molecule has 0 aromatic carbocycles. The highest BCUT2D eigenvalue weighted by Gasteiger charge is 2.71. The summed E-state index contributed by atoms with van der Waals surface area (Å²) in [5, 5.41) is 0. The van der Waals surface area contributed by atoms with Gasteiger partial charge in [0.05, 0.1) is 25.2 Å². The second-order valence-electron chi connectivity index (χ2n) is 9.64. The van der Waals surface area contributed by atoms with Crippen molar-refractivity contribution in [3.63, 3.8) is 0 Å². The highest BCUT2D eigenvalue weighted by Crippen LogP contribution is 2.63. The lowest BCUT2D eigenvalue weighted by atomic mass is 9.64. The molecule has 3 heterocycles. The molecule has 0 bridgehead atoms. The van der Waals surface area contributed by atoms with E-state index in [-0.39, 0.29) is 36.1 Å². The first-order chi connectivity index (χ1) is 13.5. The minimum Gasteiger partial charge on any atom is -0.466 e. The third-order valence-electron chi connectivity index (χ3n) is 6.82. The Kier molecular flexibility index (Phi) is 5.15. The molecular formula is C22H34O7. The van der Waals surface area contributed by atoms with Gasteiger partial charge >= 0.3 is 5.97 Å². The third-order valence-corrected chi connectivity index (χ3v) is 6.82. The number of hydrogen-bond acceptors (Lipinski definition) is 7. The van der Waals surface area contributed by atoms with E-state index < -0.39 is 23.3 Å². The van der Waals surface area contributed by atoms with Crippen molar-refractivity contribution in [3.8, 4) is 0 Å². The largest absolute Gasteiger partial charge is 0.466 e. The number of rotatable bonds is 4. The quantitative estimate of drug-likeness (QED) is 0.521. The van der Waals surface area contributed by atoms with Gasteiger partial charge in [-0.25, -0.2) is 0 Å². The van der Waals surface area contributed by atoms with Crippen LogP contribution in [0, 0.1) is 17.3 Å². The summed E-state index contributed by atoms with van der Waals surface area (Å²) in [6.45, 7) is 16.4. The van der Waals surface area contributed by atoms with Crippen LogP contribution in [-0.4, -0.2) is 55.4 Å². The molecule has 0 amide bonds. The zero-order chi connectivity index (χ0) is 21.2. The Bertz CT molecular complexity index is 687. The van der Waals surface area contributed by atoms with Crippen molar-refractivity contribution in [2.24, 2.45) is 17.3 Å². The van der Waals surface area contributed by atoms with E-state index in [9.17, 15) is 4.79 Å². The molecule has 0 N–H and O–H groups in total. The summed E-state index contributed by atoms with van der Waals surface area (Å²) >= 11 is 0. The van der Waals surface area contributed by atoms with Crippen molar-refractivity contribution in [2.45, 2.75) is 90.6 Å². The monoisotopic (exact) mass is 410 g/mol. The lowest BCUT2D eigenvalue weighted by Gasteiger charge is -2.43. The van der Waals surface area contributed by atoms with Crippen molar-refractivity contribution < 1.29 is 33.2 Å². The molecule has 164 valence electrons. The molecule has 1 spiro atoms. The molecule has 29 heavy (non-hydrogen) atoms. The van der Waals surface area contributed by atoms with Crippen molar-refractivity contribution in [1.82, 2.24) is 0 Å². The van der Waals surface area contributed by atoms with E-state index in [0.29, 0.717) is 13.2 Å². The first-order valence-electron chi connectivity index (χ1n) is 10.7. The van der Waals surface area contributed by atoms with Crippen molar-refractivity contribution >= 4 is 5.97 Å². The van der Waals surface area contributed by atoms with Crippen LogP contribution in [-0.2, 0) is 33.2 Å². The zero-order valence-corrected chi connectivity index (χ0v) is 18.4. The van der Waals surface area contributed by atoms with Gasteiger partial charge in [-0.05, 0) is 47.5 Å². The Balaban J connectivity index is 1.73. The molecule has 7 atom stereocenters. The Morgan fingerprint density at radius 2 is 1.90 bits per heavy atom. The summed E-state index contributed by atoms with van der Waals surface area (Å²) in [5.41, 5.74) is 0.544. The van der Waals surface area contributed by atoms with E-state index in [0.717, 1.165) is 18.4 Å². The van der Waals surface area contributed by atoms with Gasteiger partial charge in [-0.2, -0.15) is 0 Å². The van der Waals surface area contributed by atoms with Crippen molar-refractivity contribution in [1.29, 1.82) is 0 Å². The number of fused-ring (bicyclic) bond motifs is 2. The number of carbonyl (C=O) groups excluding carboxylic acids is 1. The van der Waals surface area contributed by atoms with Crippen LogP contribution >= 0.6 is 0 Å². The summed E-state index contributed by atoms with van der Waals surface area (Å²) in [5.74, 6) is -2.15. The predicted molar refractivity (Wildman–Crippen MR) is 104 cm³/mol. The highest BCUT2D eigenvalue weighted by molar-refractivity contribution is 5.73. The second-order valence-corrected chi connectivity index (χ2v) is 9.64. The number of allylic oxidation sites excluding steroid dienone is 1. The summed E-state index contributed by atoms with van der Waals surface area (Å²) in [4.78, 5) is 12.7. The van der Waals surface area contributed by atoms with Gasteiger partial charge in [-0.3, -0.25) is 4.79 Å². The van der Waals surface area contributed by atoms with Gasteiger partial charge in [0, 0.05) is 11.3 Å². The minimum absolute atomic E-state index is 0.147. The molecule has 4 fully saturated rings. The van der Waals surface area contributed by atoms with Crippen LogP contribution in [0.2, 0.25) is 0 Å². The molecular weight excluding hydrogens is 376 g/mol. The van der Waals surface area contributed by atoms with Gasteiger partial charge < -0.3 is 28.4 Å². The molecule has 4 aliphatic rings. The molecule has 3 saturated heterocycles. The fourth-order valence-corrected chi connectivity index (χ4v) is 5.86. The van der Waals surface area contributed by atoms with Gasteiger partial charge in [0.1, 0.15) is 12.2 Å². The van der Waals surface area contributed by atoms with E-state index in [1.165, 1.54) is 0 Å². The van der Waals surface area contributed by atoms with Crippen LogP contribution in [0.5, 0.6) is 0 Å². The van der Waals surface area contributed by atoms with Crippen LogP contribution in [0.4, 0.5) is 0 Å². The first kappa shape index (κ1) is 21.2. The van der Waals surface area contributed by atoms with Crippen LogP contribution in [0.25, 0.3) is 0 Å². The zero-order valence-electron chi connectivity index (χ0n) is 18.4. The highest BCUT2D eigenvalue weighted by atomic mass is 16.8. The lowest BCUT2D eigenvalue weighted by Crippen LogP contribution is -2.53. The van der Waals surface area contributed by atoms with Gasteiger partial charge in [-0.15, -0.1) is 0 Å². The van der Waals surface area contributed by atoms with Crippen molar-refractivity contribution in [3.05, 3.63) is 12.2 Å². The Hall–Kier alpha value is -0.990. The smallest absolute Gasteiger partial charge is 0.309 e. The van der Waals surface area contributed by atoms with Crippen molar-refractivity contribution in [2.75, 3.05) is 13.2 Å². The van der Waals surface area contributed by atoms with E-state index in [1.807, 2.05) is 41.5 Å². The molecule has 7 heteroatoms. The predicted octanol–water partition coefficient (Wildman–Crippen LogP) is 3.17. The minimum atomic E-state index is -0.749. The lowest BCUT2D eigenvalue weighted by molar-refractivity contribution is -0.241. The molecule has 3 aliphatic heterocycles. The van der Waals surface area contributed by atoms with E-state index in [2.05, 4.69) is 6.58 Å². The standard InChI is InChI=1S/C22H34O7/c1-8-24-18(23)13(3)15-12(2)9-10-22(15)16(14-11-25-20(4,5)27-14)26-19-17(22)28-21(6,7)29-19/h13-17,19H,2,8-11H2,1,3-7H3/t13-,14+,15+,16+,17-,19+,22+/m0/s1. The topological polar surface area (TPSA) is 72.5 Å². The van der Waals surface area contributed by atoms with Gasteiger partial charge in [0.15, 0.2) is 17.9 Å². The van der Waals surface area contributed by atoms with Crippen LogP contribution in [0.1, 0.15) is 54.4 Å². The van der Waals surface area contributed by atoms with Gasteiger partial charge in [0.2, 0.25) is 0 Å². The number of carbonyl (C=O) groups is 1. The Morgan fingerprint density at radius 1 is 1.17 bits per heavy atom. The average Bonchev–Trinajstić information content (AvgIpc) is 3.31. The third kappa shape index (κ3) is 3.35. The molecule has 4 rings (SSSR count). The van der Waals surface area contributed by atoms with Crippen LogP contribution < -0.4 is 0 Å². The second kappa shape index (κ2) is 7.02. The first-order valence-corrected chi connectivity index (χ1v) is 10.7. The van der Waals surface area contributed by atoms with Gasteiger partial charge in [-0.1, -0.05) is 19.1 Å². The van der Waals surface area contributed by atoms with E-state index >= 15 is 0 Å². The molecule has 0 radical (unpaired) electrons. The van der Waals surface area contributed by atoms with Gasteiger partial charge in [0.25, 0.3) is 0 Å². The SMILES string of the molecule is C=C1CC[C@]2([C@@H]([C@H]3COC(C)(C)O3)O[C@@H]3OC(C)(C)O[C@@H]32)[C@H]1[C@H](C)C(=O)OCC. The number of esters is 1. The Morgan fingerprint density at radius 3 is 2.52 bits per heavy atom. The average molecular weight is 411 g/mol. The van der Waals surface area contributed by atoms with Crippen LogP contribution in [0.3, 0.4) is 0 Å². The summed E-state index contributed by atoms with van der Waals surface area (Å²) in [6.07, 6.45) is 0.190. The number of ether oxygens (including phenoxy) is 6. The molecule has 0 aromatic heterocycles.